The molecule has 1 fully saturated rings. The zero-order valence-electron chi connectivity index (χ0n) is 15.1. The Morgan fingerprint density at radius 1 is 1.14 bits per heavy atom. The van der Waals surface area contributed by atoms with Crippen molar-refractivity contribution in [2.24, 2.45) is 10.9 Å². The van der Waals surface area contributed by atoms with E-state index in [1.54, 1.807) is 0 Å². The molecule has 0 saturated carbocycles. The summed E-state index contributed by atoms with van der Waals surface area (Å²) in [6, 6.07) is 0. The summed E-state index contributed by atoms with van der Waals surface area (Å²) in [6.07, 6.45) is 10.6. The third-order valence-corrected chi connectivity index (χ3v) is 4.28. The minimum atomic E-state index is 0.660. The minimum Gasteiger partial charge on any atom is -0.381 e. The van der Waals surface area contributed by atoms with Gasteiger partial charge in [0.15, 0.2) is 5.96 Å². The molecular weight excluding hydrogens is 274 g/mol. The van der Waals surface area contributed by atoms with Crippen molar-refractivity contribution in [3.8, 4) is 0 Å². The van der Waals surface area contributed by atoms with Crippen molar-refractivity contribution in [2.45, 2.75) is 65.2 Å². The van der Waals surface area contributed by atoms with E-state index in [4.69, 9.17) is 9.73 Å². The Labute approximate surface area is 137 Å². The van der Waals surface area contributed by atoms with E-state index in [0.717, 1.165) is 38.8 Å². The zero-order chi connectivity index (χ0) is 16.0. The molecule has 130 valence electrons. The Morgan fingerprint density at radius 2 is 1.86 bits per heavy atom. The predicted molar refractivity (Wildman–Crippen MR) is 95.5 cm³/mol. The van der Waals surface area contributed by atoms with Gasteiger partial charge in [0, 0.05) is 39.2 Å². The maximum Gasteiger partial charge on any atom is 0.193 e. The van der Waals surface area contributed by atoms with Crippen molar-refractivity contribution in [1.82, 2.24) is 10.2 Å². The molecule has 1 atom stereocenters. The van der Waals surface area contributed by atoms with Gasteiger partial charge in [-0.3, -0.25) is 4.99 Å². The lowest BCUT2D eigenvalue weighted by molar-refractivity contribution is 0.181. The summed E-state index contributed by atoms with van der Waals surface area (Å²) in [5.74, 6) is 1.72. The van der Waals surface area contributed by atoms with Crippen LogP contribution in [-0.4, -0.2) is 50.8 Å². The molecule has 1 saturated heterocycles. The van der Waals surface area contributed by atoms with Gasteiger partial charge in [0.05, 0.1) is 6.61 Å². The van der Waals surface area contributed by atoms with Crippen molar-refractivity contribution in [2.75, 3.05) is 39.9 Å². The third kappa shape index (κ3) is 8.62. The largest absolute Gasteiger partial charge is 0.381 e. The number of ether oxygens (including phenoxy) is 1. The number of nitrogens with one attached hydrogen (secondary N) is 1. The number of nitrogens with zero attached hydrogens (tertiary/aromatic N) is 2. The SMILES string of the molecule is CCCCCCCCCN=C(NCC)N(C)CC1CCOC1. The summed E-state index contributed by atoms with van der Waals surface area (Å²) in [7, 11) is 2.14. The fourth-order valence-electron chi connectivity index (χ4n) is 2.92. The van der Waals surface area contributed by atoms with E-state index >= 15 is 0 Å². The highest BCUT2D eigenvalue weighted by Crippen LogP contribution is 2.13. The molecule has 4 heteroatoms. The van der Waals surface area contributed by atoms with Crippen molar-refractivity contribution in [3.63, 3.8) is 0 Å². The van der Waals surface area contributed by atoms with Gasteiger partial charge in [-0.25, -0.2) is 0 Å². The number of hydrogen-bond donors (Lipinski definition) is 1. The average Bonchev–Trinajstić information content (AvgIpc) is 3.01. The lowest BCUT2D eigenvalue weighted by atomic mass is 10.1. The van der Waals surface area contributed by atoms with Gasteiger partial charge in [0.25, 0.3) is 0 Å². The second kappa shape index (κ2) is 12.7. The maximum atomic E-state index is 5.46. The molecule has 1 aliphatic rings. The fourth-order valence-corrected chi connectivity index (χ4v) is 2.92. The van der Waals surface area contributed by atoms with Gasteiger partial charge in [-0.1, -0.05) is 45.4 Å². The van der Waals surface area contributed by atoms with Crippen LogP contribution in [0.5, 0.6) is 0 Å². The quantitative estimate of drug-likeness (QED) is 0.359. The zero-order valence-corrected chi connectivity index (χ0v) is 15.1. The summed E-state index contributed by atoms with van der Waals surface area (Å²) in [6.45, 7) is 9.15. The first-order valence-electron chi connectivity index (χ1n) is 9.35. The van der Waals surface area contributed by atoms with Gasteiger partial charge in [-0.15, -0.1) is 0 Å². The smallest absolute Gasteiger partial charge is 0.193 e. The second-order valence-electron chi connectivity index (χ2n) is 6.47. The van der Waals surface area contributed by atoms with E-state index in [1.807, 2.05) is 0 Å². The number of unbranched alkanes of at least 4 members (excludes halogenated alkanes) is 6. The normalized spacial score (nSPS) is 18.7. The molecule has 22 heavy (non-hydrogen) atoms. The molecule has 0 aromatic rings. The van der Waals surface area contributed by atoms with Gasteiger partial charge in [-0.05, 0) is 19.8 Å². The summed E-state index contributed by atoms with van der Waals surface area (Å²) in [5, 5.41) is 3.41. The van der Waals surface area contributed by atoms with Crippen molar-refractivity contribution < 1.29 is 4.74 Å². The highest BCUT2D eigenvalue weighted by Gasteiger charge is 2.18. The molecule has 0 aromatic heterocycles. The number of hydrogen-bond acceptors (Lipinski definition) is 2. The maximum absolute atomic E-state index is 5.46. The fraction of sp³-hybridized carbons (Fsp3) is 0.944. The molecular formula is C18H37N3O. The van der Waals surface area contributed by atoms with Gasteiger partial charge in [0.2, 0.25) is 0 Å². The van der Waals surface area contributed by atoms with Crippen LogP contribution in [0.15, 0.2) is 4.99 Å². The number of rotatable bonds is 11. The first-order valence-corrected chi connectivity index (χ1v) is 9.35. The first-order chi connectivity index (χ1) is 10.8. The van der Waals surface area contributed by atoms with Crippen LogP contribution in [0.25, 0.3) is 0 Å². The topological polar surface area (TPSA) is 36.9 Å². The van der Waals surface area contributed by atoms with Crippen molar-refractivity contribution >= 4 is 5.96 Å². The molecule has 1 aliphatic heterocycles. The molecule has 1 heterocycles. The summed E-state index contributed by atoms with van der Waals surface area (Å²) in [4.78, 5) is 7.05. The molecule has 1 unspecified atom stereocenters. The Balaban J connectivity index is 2.19. The molecule has 0 amide bonds. The molecule has 0 spiro atoms. The minimum absolute atomic E-state index is 0.660. The van der Waals surface area contributed by atoms with Crippen LogP contribution in [0.3, 0.4) is 0 Å². The summed E-state index contributed by atoms with van der Waals surface area (Å²) < 4.78 is 5.46. The molecule has 4 nitrogen and oxygen atoms in total. The molecule has 1 N–H and O–H groups in total. The van der Waals surface area contributed by atoms with Gasteiger partial charge in [0.1, 0.15) is 0 Å². The average molecular weight is 312 g/mol. The van der Waals surface area contributed by atoms with Crippen molar-refractivity contribution in [3.05, 3.63) is 0 Å². The van der Waals surface area contributed by atoms with Crippen LogP contribution in [-0.2, 0) is 4.74 Å². The van der Waals surface area contributed by atoms with Crippen LogP contribution < -0.4 is 5.32 Å². The monoisotopic (exact) mass is 311 g/mol. The highest BCUT2D eigenvalue weighted by atomic mass is 16.5. The summed E-state index contributed by atoms with van der Waals surface area (Å²) in [5.41, 5.74) is 0. The van der Waals surface area contributed by atoms with Crippen LogP contribution in [0.1, 0.15) is 65.2 Å². The highest BCUT2D eigenvalue weighted by molar-refractivity contribution is 5.79. The van der Waals surface area contributed by atoms with E-state index < -0.39 is 0 Å². The lowest BCUT2D eigenvalue weighted by Crippen LogP contribution is -2.41. The lowest BCUT2D eigenvalue weighted by Gasteiger charge is -2.24. The molecule has 0 radical (unpaired) electrons. The number of aliphatic imine (C=N–C) groups is 1. The predicted octanol–water partition coefficient (Wildman–Crippen LogP) is 3.67. The van der Waals surface area contributed by atoms with E-state index in [2.05, 4.69) is 31.1 Å². The summed E-state index contributed by atoms with van der Waals surface area (Å²) >= 11 is 0. The number of guanidine groups is 1. The van der Waals surface area contributed by atoms with Gasteiger partial charge >= 0.3 is 0 Å². The Morgan fingerprint density at radius 3 is 2.50 bits per heavy atom. The van der Waals surface area contributed by atoms with E-state index in [9.17, 15) is 0 Å². The second-order valence-corrected chi connectivity index (χ2v) is 6.47. The molecule has 1 rings (SSSR count). The first kappa shape index (κ1) is 19.3. The Kier molecular flexibility index (Phi) is 11.2. The Bertz CT molecular complexity index is 288. The van der Waals surface area contributed by atoms with E-state index in [-0.39, 0.29) is 0 Å². The molecule has 0 aromatic carbocycles. The standard InChI is InChI=1S/C18H37N3O/c1-4-6-7-8-9-10-11-13-20-18(19-5-2)21(3)15-17-12-14-22-16-17/h17H,4-16H2,1-3H3,(H,19,20). The van der Waals surface area contributed by atoms with Crippen LogP contribution in [0, 0.1) is 5.92 Å². The van der Waals surface area contributed by atoms with Crippen LogP contribution in [0.4, 0.5) is 0 Å². The van der Waals surface area contributed by atoms with Gasteiger partial charge < -0.3 is 15.0 Å². The molecule has 0 bridgehead atoms. The van der Waals surface area contributed by atoms with Gasteiger partial charge in [-0.2, -0.15) is 0 Å². The molecule has 0 aliphatic carbocycles. The van der Waals surface area contributed by atoms with Crippen LogP contribution >= 0.6 is 0 Å². The van der Waals surface area contributed by atoms with E-state index in [1.165, 1.54) is 51.4 Å². The van der Waals surface area contributed by atoms with Crippen molar-refractivity contribution in [1.29, 1.82) is 0 Å². The Hall–Kier alpha value is -0.770. The third-order valence-electron chi connectivity index (χ3n) is 4.28. The van der Waals surface area contributed by atoms with Crippen LogP contribution in [0.2, 0.25) is 0 Å². The van der Waals surface area contributed by atoms with E-state index in [0.29, 0.717) is 5.92 Å².